The summed E-state index contributed by atoms with van der Waals surface area (Å²) in [5, 5.41) is 12.8. The molecule has 2 aromatic rings. The maximum Gasteiger partial charge on any atom is 0.278 e. The number of fused-ring (bicyclic) bond motifs is 1. The molecular weight excluding hydrogens is 306 g/mol. The van der Waals surface area contributed by atoms with E-state index in [4.69, 9.17) is 4.74 Å². The van der Waals surface area contributed by atoms with Gasteiger partial charge >= 0.3 is 0 Å². The van der Waals surface area contributed by atoms with E-state index in [-0.39, 0.29) is 10.6 Å². The summed E-state index contributed by atoms with van der Waals surface area (Å²) in [6.07, 6.45) is 8.35. The molecule has 126 valence electrons. The second kappa shape index (κ2) is 6.36. The Labute approximate surface area is 140 Å². The predicted octanol–water partition coefficient (Wildman–Crippen LogP) is 3.54. The van der Waals surface area contributed by atoms with Crippen LogP contribution in [-0.2, 0) is 4.74 Å². The molecule has 0 radical (unpaired) electrons. The summed E-state index contributed by atoms with van der Waals surface area (Å²) in [4.78, 5) is 17.3. The quantitative estimate of drug-likeness (QED) is 0.637. The maximum absolute atomic E-state index is 11.2. The molecule has 2 saturated heterocycles. The van der Waals surface area contributed by atoms with Gasteiger partial charge in [0.05, 0.1) is 16.4 Å². The average Bonchev–Trinajstić information content (AvgIpc) is 3.15. The fourth-order valence-corrected chi connectivity index (χ4v) is 4.08. The molecule has 1 atom stereocenters. The van der Waals surface area contributed by atoms with E-state index in [2.05, 4.69) is 9.88 Å². The first-order valence-electron chi connectivity index (χ1n) is 8.62. The number of hydrogen-bond donors (Lipinski definition) is 0. The number of anilines is 1. The van der Waals surface area contributed by atoms with Crippen molar-refractivity contribution in [1.82, 2.24) is 4.98 Å². The van der Waals surface area contributed by atoms with Crippen LogP contribution in [0.1, 0.15) is 25.7 Å². The molecule has 3 heterocycles. The van der Waals surface area contributed by atoms with E-state index in [0.29, 0.717) is 17.4 Å². The fraction of sp³-hybridized carbons (Fsp3) is 0.500. The van der Waals surface area contributed by atoms with Crippen LogP contribution in [-0.4, -0.2) is 35.7 Å². The first-order chi connectivity index (χ1) is 11.7. The summed E-state index contributed by atoms with van der Waals surface area (Å²) in [6.45, 7) is 2.85. The van der Waals surface area contributed by atoms with Crippen molar-refractivity contribution < 1.29 is 9.66 Å². The Balaban J connectivity index is 1.59. The van der Waals surface area contributed by atoms with Crippen LogP contribution in [0.3, 0.4) is 0 Å². The first kappa shape index (κ1) is 15.3. The summed E-state index contributed by atoms with van der Waals surface area (Å²) in [7, 11) is 0. The van der Waals surface area contributed by atoms with Crippen molar-refractivity contribution in [3.8, 4) is 0 Å². The molecular formula is C18H21N3O3. The number of hydrogen-bond acceptors (Lipinski definition) is 5. The molecule has 0 N–H and O–H groups in total. The predicted molar refractivity (Wildman–Crippen MR) is 92.3 cm³/mol. The number of aromatic nitrogens is 1. The zero-order chi connectivity index (χ0) is 16.5. The van der Waals surface area contributed by atoms with Gasteiger partial charge in [-0.3, -0.25) is 15.1 Å². The van der Waals surface area contributed by atoms with Gasteiger partial charge in [0.1, 0.15) is 0 Å². The van der Waals surface area contributed by atoms with Crippen LogP contribution in [0.15, 0.2) is 30.6 Å². The minimum atomic E-state index is -0.336. The molecule has 1 unspecified atom stereocenters. The van der Waals surface area contributed by atoms with Crippen molar-refractivity contribution in [2.75, 3.05) is 24.6 Å². The van der Waals surface area contributed by atoms with Crippen molar-refractivity contribution in [3.63, 3.8) is 0 Å². The molecule has 24 heavy (non-hydrogen) atoms. The van der Waals surface area contributed by atoms with Crippen molar-refractivity contribution in [3.05, 3.63) is 40.7 Å². The van der Waals surface area contributed by atoms with Gasteiger partial charge in [-0.2, -0.15) is 0 Å². The molecule has 0 aliphatic carbocycles. The van der Waals surface area contributed by atoms with Crippen molar-refractivity contribution in [1.29, 1.82) is 0 Å². The highest BCUT2D eigenvalue weighted by Crippen LogP contribution is 2.36. The Hall–Kier alpha value is -2.21. The molecule has 0 spiro atoms. The smallest absolute Gasteiger partial charge is 0.278 e. The van der Waals surface area contributed by atoms with Gasteiger partial charge in [-0.1, -0.05) is 0 Å². The number of rotatable bonds is 3. The average molecular weight is 327 g/mol. The van der Waals surface area contributed by atoms with Gasteiger partial charge in [-0.25, -0.2) is 0 Å². The summed E-state index contributed by atoms with van der Waals surface area (Å²) in [5.74, 6) is 0.648. The van der Waals surface area contributed by atoms with Gasteiger partial charge in [0.25, 0.3) is 5.69 Å². The highest BCUT2D eigenvalue weighted by Gasteiger charge is 2.30. The van der Waals surface area contributed by atoms with Crippen LogP contribution >= 0.6 is 0 Å². The van der Waals surface area contributed by atoms with Crippen LogP contribution in [0, 0.1) is 16.0 Å². The second-order valence-corrected chi connectivity index (χ2v) is 6.66. The molecule has 0 bridgehead atoms. The molecule has 2 fully saturated rings. The molecule has 2 aliphatic heterocycles. The molecule has 4 rings (SSSR count). The van der Waals surface area contributed by atoms with E-state index >= 15 is 0 Å². The topological polar surface area (TPSA) is 68.5 Å². The molecule has 1 aromatic heterocycles. The number of benzene rings is 1. The minimum Gasteiger partial charge on any atom is -0.378 e. The van der Waals surface area contributed by atoms with Crippen molar-refractivity contribution >= 4 is 22.1 Å². The third kappa shape index (κ3) is 2.71. The van der Waals surface area contributed by atoms with E-state index < -0.39 is 0 Å². The Morgan fingerprint density at radius 3 is 2.71 bits per heavy atom. The molecule has 2 aliphatic rings. The van der Waals surface area contributed by atoms with Gasteiger partial charge in [-0.05, 0) is 43.7 Å². The molecule has 1 aromatic carbocycles. The molecule has 6 nitrogen and oxygen atoms in total. The standard InChI is InChI=1S/C18H21N3O3/c22-21(23)17-4-3-16(14-5-8-19-12-15(14)17)20-9-6-13(7-10-20)18-2-1-11-24-18/h3-5,8,12-13,18H,1-2,6-7,9-11H2. The van der Waals surface area contributed by atoms with Crippen molar-refractivity contribution in [2.24, 2.45) is 5.92 Å². The molecule has 6 heteroatoms. The lowest BCUT2D eigenvalue weighted by Gasteiger charge is -2.36. The zero-order valence-electron chi connectivity index (χ0n) is 13.6. The number of ether oxygens (including phenoxy) is 1. The third-order valence-corrected chi connectivity index (χ3v) is 5.34. The monoisotopic (exact) mass is 327 g/mol. The number of pyridine rings is 1. The van der Waals surface area contributed by atoms with E-state index in [1.54, 1.807) is 18.5 Å². The Kier molecular flexibility index (Phi) is 4.06. The fourth-order valence-electron chi connectivity index (χ4n) is 4.08. The normalized spacial score (nSPS) is 22.2. The highest BCUT2D eigenvalue weighted by atomic mass is 16.6. The van der Waals surface area contributed by atoms with Gasteiger partial charge < -0.3 is 9.64 Å². The van der Waals surface area contributed by atoms with Crippen LogP contribution in [0.5, 0.6) is 0 Å². The van der Waals surface area contributed by atoms with E-state index in [9.17, 15) is 10.1 Å². The van der Waals surface area contributed by atoms with E-state index in [1.807, 2.05) is 12.1 Å². The second-order valence-electron chi connectivity index (χ2n) is 6.66. The number of nitrogens with zero attached hydrogens (tertiary/aromatic N) is 3. The number of piperidine rings is 1. The van der Waals surface area contributed by atoms with E-state index in [1.165, 1.54) is 12.8 Å². The highest BCUT2D eigenvalue weighted by molar-refractivity contribution is 5.99. The number of nitro groups is 1. The maximum atomic E-state index is 11.2. The Bertz CT molecular complexity index is 750. The summed E-state index contributed by atoms with van der Waals surface area (Å²) < 4.78 is 5.84. The van der Waals surface area contributed by atoms with Gasteiger partial charge in [0.15, 0.2) is 0 Å². The first-order valence-corrected chi connectivity index (χ1v) is 8.62. The van der Waals surface area contributed by atoms with Crippen LogP contribution in [0.25, 0.3) is 10.8 Å². The third-order valence-electron chi connectivity index (χ3n) is 5.34. The van der Waals surface area contributed by atoms with Crippen LogP contribution in [0.2, 0.25) is 0 Å². The SMILES string of the molecule is O=[N+]([O-])c1ccc(N2CCC(C3CCCO3)CC2)c2ccncc12. The summed E-state index contributed by atoms with van der Waals surface area (Å²) in [5.41, 5.74) is 1.19. The Morgan fingerprint density at radius 1 is 1.17 bits per heavy atom. The van der Waals surface area contributed by atoms with E-state index in [0.717, 1.165) is 43.6 Å². The lowest BCUT2D eigenvalue weighted by Crippen LogP contribution is -2.37. The zero-order valence-corrected chi connectivity index (χ0v) is 13.6. The van der Waals surface area contributed by atoms with Gasteiger partial charge in [0, 0.05) is 49.2 Å². The molecule has 0 saturated carbocycles. The van der Waals surface area contributed by atoms with Crippen molar-refractivity contribution in [2.45, 2.75) is 31.8 Å². The lowest BCUT2D eigenvalue weighted by molar-refractivity contribution is -0.383. The largest absolute Gasteiger partial charge is 0.378 e. The lowest BCUT2D eigenvalue weighted by atomic mass is 9.89. The Morgan fingerprint density at radius 2 is 2.00 bits per heavy atom. The van der Waals surface area contributed by atoms with Crippen LogP contribution in [0.4, 0.5) is 11.4 Å². The minimum absolute atomic E-state index is 0.121. The van der Waals surface area contributed by atoms with Crippen LogP contribution < -0.4 is 4.90 Å². The van der Waals surface area contributed by atoms with Gasteiger partial charge in [-0.15, -0.1) is 0 Å². The number of non-ortho nitro benzene ring substituents is 1. The molecule has 0 amide bonds. The van der Waals surface area contributed by atoms with Gasteiger partial charge in [0.2, 0.25) is 0 Å². The number of nitro benzene ring substituents is 1. The summed E-state index contributed by atoms with van der Waals surface area (Å²) >= 11 is 0. The summed E-state index contributed by atoms with van der Waals surface area (Å²) in [6, 6.07) is 5.36.